The maximum absolute atomic E-state index is 10.6. The Balaban J connectivity index is 1.96. The van der Waals surface area contributed by atoms with Crippen LogP contribution >= 0.6 is 0 Å². The Labute approximate surface area is 116 Å². The molecule has 0 spiro atoms. The summed E-state index contributed by atoms with van der Waals surface area (Å²) in [6.07, 6.45) is 12.9. The predicted octanol–water partition coefficient (Wildman–Crippen LogP) is 3.73. The van der Waals surface area contributed by atoms with Gasteiger partial charge < -0.3 is 10.4 Å². The molecule has 1 aliphatic rings. The molecule has 108 valence electrons. The van der Waals surface area contributed by atoms with Gasteiger partial charge in [0.05, 0.1) is 5.92 Å². The van der Waals surface area contributed by atoms with E-state index in [2.05, 4.69) is 30.5 Å². The molecule has 0 aromatic carbocycles. The van der Waals surface area contributed by atoms with Gasteiger partial charge in [0, 0.05) is 12.2 Å². The number of hydrogen-bond donors (Lipinski definition) is 2. The number of carboxylic acid groups (broad SMARTS) is 1. The lowest BCUT2D eigenvalue weighted by Gasteiger charge is -2.16. The van der Waals surface area contributed by atoms with Crippen molar-refractivity contribution in [3.05, 3.63) is 23.9 Å². The molecule has 2 N–H and O–H groups in total. The molecular formula is C16H27NO2. The van der Waals surface area contributed by atoms with Crippen LogP contribution in [0.3, 0.4) is 0 Å². The van der Waals surface area contributed by atoms with Crippen LogP contribution in [0.2, 0.25) is 0 Å². The molecule has 1 aliphatic carbocycles. The van der Waals surface area contributed by atoms with Crippen molar-refractivity contribution in [2.24, 2.45) is 11.8 Å². The Morgan fingerprint density at radius 1 is 1.42 bits per heavy atom. The van der Waals surface area contributed by atoms with Crippen LogP contribution in [0.4, 0.5) is 0 Å². The van der Waals surface area contributed by atoms with Crippen LogP contribution in [0.15, 0.2) is 23.9 Å². The quantitative estimate of drug-likeness (QED) is 0.625. The van der Waals surface area contributed by atoms with Crippen LogP contribution in [0.25, 0.3) is 0 Å². The van der Waals surface area contributed by atoms with Crippen LogP contribution in [-0.2, 0) is 4.79 Å². The van der Waals surface area contributed by atoms with Crippen molar-refractivity contribution in [1.82, 2.24) is 5.32 Å². The summed E-state index contributed by atoms with van der Waals surface area (Å²) in [5.74, 6) is -0.225. The molecule has 0 aliphatic heterocycles. The average molecular weight is 265 g/mol. The minimum atomic E-state index is -0.673. The van der Waals surface area contributed by atoms with Gasteiger partial charge in [-0.2, -0.15) is 0 Å². The van der Waals surface area contributed by atoms with Gasteiger partial charge in [-0.3, -0.25) is 4.79 Å². The van der Waals surface area contributed by atoms with E-state index in [9.17, 15) is 4.79 Å². The first kappa shape index (κ1) is 15.8. The smallest absolute Gasteiger partial charge is 0.306 e. The molecule has 1 rings (SSSR count). The number of rotatable bonds is 9. The van der Waals surface area contributed by atoms with Gasteiger partial charge in [-0.25, -0.2) is 0 Å². The van der Waals surface area contributed by atoms with Crippen LogP contribution in [-0.4, -0.2) is 17.6 Å². The highest BCUT2D eigenvalue weighted by molar-refractivity contribution is 5.69. The lowest BCUT2D eigenvalue weighted by molar-refractivity contribution is -0.141. The average Bonchev–Trinajstić information content (AvgIpc) is 2.37. The monoisotopic (exact) mass is 265 g/mol. The molecule has 0 bridgehead atoms. The van der Waals surface area contributed by atoms with E-state index >= 15 is 0 Å². The van der Waals surface area contributed by atoms with Crippen LogP contribution in [0.5, 0.6) is 0 Å². The van der Waals surface area contributed by atoms with Crippen molar-refractivity contribution in [2.45, 2.75) is 52.4 Å². The number of nitrogens with one attached hydrogen (secondary N) is 1. The van der Waals surface area contributed by atoms with Crippen molar-refractivity contribution in [3.8, 4) is 0 Å². The van der Waals surface area contributed by atoms with Gasteiger partial charge >= 0.3 is 5.97 Å². The van der Waals surface area contributed by atoms with Gasteiger partial charge in [-0.05, 0) is 31.3 Å². The Bertz CT molecular complexity index is 334. The zero-order valence-electron chi connectivity index (χ0n) is 12.2. The van der Waals surface area contributed by atoms with Crippen LogP contribution in [0.1, 0.15) is 52.4 Å². The van der Waals surface area contributed by atoms with Gasteiger partial charge in [0.2, 0.25) is 0 Å². The minimum absolute atomic E-state index is 0.196. The van der Waals surface area contributed by atoms with E-state index in [4.69, 9.17) is 5.11 Å². The minimum Gasteiger partial charge on any atom is -0.481 e. The van der Waals surface area contributed by atoms with E-state index in [1.54, 1.807) is 6.92 Å². The Hall–Kier alpha value is -1.25. The summed E-state index contributed by atoms with van der Waals surface area (Å²) in [5, 5.41) is 12.3. The summed E-state index contributed by atoms with van der Waals surface area (Å²) >= 11 is 0. The van der Waals surface area contributed by atoms with Crippen molar-refractivity contribution in [3.63, 3.8) is 0 Å². The van der Waals surface area contributed by atoms with Gasteiger partial charge in [-0.15, -0.1) is 0 Å². The second kappa shape index (κ2) is 8.78. The molecule has 0 aromatic rings. The van der Waals surface area contributed by atoms with Gasteiger partial charge in [0.1, 0.15) is 0 Å². The Morgan fingerprint density at radius 3 is 2.84 bits per heavy atom. The summed E-state index contributed by atoms with van der Waals surface area (Å²) in [7, 11) is 0. The highest BCUT2D eigenvalue weighted by atomic mass is 16.4. The summed E-state index contributed by atoms with van der Waals surface area (Å²) in [4.78, 5) is 10.6. The first-order valence-electron chi connectivity index (χ1n) is 7.43. The van der Waals surface area contributed by atoms with Crippen LogP contribution < -0.4 is 5.32 Å². The van der Waals surface area contributed by atoms with Crippen molar-refractivity contribution in [1.29, 1.82) is 0 Å². The molecule has 0 saturated heterocycles. The van der Waals surface area contributed by atoms with E-state index in [0.717, 1.165) is 38.6 Å². The van der Waals surface area contributed by atoms with Crippen molar-refractivity contribution in [2.75, 3.05) is 6.54 Å². The molecule has 0 aromatic heterocycles. The SMILES string of the molecule is CC1C=CC=C(NCCCCCCC(C)C(=O)O)C1. The summed E-state index contributed by atoms with van der Waals surface area (Å²) < 4.78 is 0. The number of unbranched alkanes of at least 4 members (excludes halogenated alkanes) is 3. The maximum Gasteiger partial charge on any atom is 0.306 e. The first-order valence-corrected chi connectivity index (χ1v) is 7.43. The molecule has 0 fully saturated rings. The van der Waals surface area contributed by atoms with Crippen molar-refractivity contribution < 1.29 is 9.90 Å². The number of carbonyl (C=O) groups is 1. The molecule has 0 radical (unpaired) electrons. The molecule has 0 heterocycles. The standard InChI is InChI=1S/C16H27NO2/c1-13-8-7-10-15(12-13)17-11-6-4-3-5-9-14(2)16(18)19/h7-8,10,13-14,17H,3-6,9,11-12H2,1-2H3,(H,18,19). The zero-order valence-corrected chi connectivity index (χ0v) is 12.2. The predicted molar refractivity (Wildman–Crippen MR) is 78.9 cm³/mol. The fourth-order valence-corrected chi connectivity index (χ4v) is 2.28. The molecule has 0 amide bonds. The molecule has 0 saturated carbocycles. The molecule has 19 heavy (non-hydrogen) atoms. The molecule has 3 nitrogen and oxygen atoms in total. The summed E-state index contributed by atoms with van der Waals surface area (Å²) in [5.41, 5.74) is 1.34. The van der Waals surface area contributed by atoms with Gasteiger partial charge in [-0.1, -0.05) is 45.3 Å². The van der Waals surface area contributed by atoms with E-state index in [-0.39, 0.29) is 5.92 Å². The summed E-state index contributed by atoms with van der Waals surface area (Å²) in [6, 6.07) is 0. The second-order valence-corrected chi connectivity index (χ2v) is 5.63. The normalized spacial score (nSPS) is 19.9. The van der Waals surface area contributed by atoms with E-state index < -0.39 is 5.97 Å². The maximum atomic E-state index is 10.6. The number of hydrogen-bond acceptors (Lipinski definition) is 2. The third-order valence-corrected chi connectivity index (χ3v) is 3.62. The Kier molecular flexibility index (Phi) is 7.31. The number of aliphatic carboxylic acids is 1. The van der Waals surface area contributed by atoms with Gasteiger partial charge in [0.25, 0.3) is 0 Å². The largest absolute Gasteiger partial charge is 0.481 e. The van der Waals surface area contributed by atoms with Gasteiger partial charge in [0.15, 0.2) is 0 Å². The zero-order chi connectivity index (χ0) is 14.1. The fourth-order valence-electron chi connectivity index (χ4n) is 2.28. The molecule has 2 atom stereocenters. The third kappa shape index (κ3) is 7.04. The fraction of sp³-hybridized carbons (Fsp3) is 0.688. The second-order valence-electron chi connectivity index (χ2n) is 5.63. The number of carboxylic acids is 1. The highest BCUT2D eigenvalue weighted by Gasteiger charge is 2.09. The molecule has 2 unspecified atom stereocenters. The topological polar surface area (TPSA) is 49.3 Å². The Morgan fingerprint density at radius 2 is 2.16 bits per heavy atom. The number of allylic oxidation sites excluding steroid dienone is 4. The highest BCUT2D eigenvalue weighted by Crippen LogP contribution is 2.15. The first-order chi connectivity index (χ1) is 9.09. The third-order valence-electron chi connectivity index (χ3n) is 3.62. The van der Waals surface area contributed by atoms with Crippen LogP contribution in [0, 0.1) is 11.8 Å². The van der Waals surface area contributed by atoms with E-state index in [1.807, 2.05) is 0 Å². The van der Waals surface area contributed by atoms with E-state index in [1.165, 1.54) is 12.1 Å². The van der Waals surface area contributed by atoms with E-state index in [0.29, 0.717) is 5.92 Å². The lowest BCUT2D eigenvalue weighted by atomic mass is 10.0. The summed E-state index contributed by atoms with van der Waals surface area (Å²) in [6.45, 7) is 5.05. The molecular weight excluding hydrogens is 238 g/mol. The lowest BCUT2D eigenvalue weighted by Crippen LogP contribution is -2.17. The molecule has 3 heteroatoms. The van der Waals surface area contributed by atoms with Crippen molar-refractivity contribution >= 4 is 5.97 Å².